The Hall–Kier alpha value is -3.92. The molecule has 0 heterocycles. The van der Waals surface area contributed by atoms with E-state index in [0.29, 0.717) is 36.6 Å². The van der Waals surface area contributed by atoms with Crippen LogP contribution in [-0.4, -0.2) is 56.9 Å². The Labute approximate surface area is 205 Å². The third-order valence-corrected chi connectivity index (χ3v) is 4.61. The summed E-state index contributed by atoms with van der Waals surface area (Å²) in [7, 11) is 1.47. The van der Waals surface area contributed by atoms with Gasteiger partial charge in [-0.1, -0.05) is 18.2 Å². The minimum absolute atomic E-state index is 0.117. The van der Waals surface area contributed by atoms with Crippen molar-refractivity contribution in [3.63, 3.8) is 0 Å². The zero-order valence-electron chi connectivity index (χ0n) is 20.4. The summed E-state index contributed by atoms with van der Waals surface area (Å²) >= 11 is 0. The van der Waals surface area contributed by atoms with Gasteiger partial charge in [0.15, 0.2) is 18.1 Å². The number of hydrogen-bond acceptors (Lipinski definition) is 7. The second-order valence-corrected chi connectivity index (χ2v) is 7.79. The summed E-state index contributed by atoms with van der Waals surface area (Å²) in [5.41, 5.74) is 4.43. The Morgan fingerprint density at radius 2 is 1.83 bits per heavy atom. The number of rotatable bonds is 12. The first kappa shape index (κ1) is 27.3. The van der Waals surface area contributed by atoms with Gasteiger partial charge in [0.25, 0.3) is 5.91 Å². The maximum absolute atomic E-state index is 12.2. The molecule has 0 aliphatic heterocycles. The molecular formula is C25H32N4O6. The lowest BCUT2D eigenvalue weighted by Crippen LogP contribution is -2.38. The monoisotopic (exact) mass is 484 g/mol. The Bertz CT molecular complexity index is 1040. The molecule has 0 saturated carbocycles. The molecule has 2 aromatic rings. The number of benzene rings is 2. The van der Waals surface area contributed by atoms with E-state index >= 15 is 0 Å². The van der Waals surface area contributed by atoms with Gasteiger partial charge in [0, 0.05) is 18.8 Å². The van der Waals surface area contributed by atoms with Crippen molar-refractivity contribution in [2.45, 2.75) is 33.3 Å². The lowest BCUT2D eigenvalue weighted by molar-refractivity contribution is -0.139. The minimum atomic E-state index is -0.877. The van der Waals surface area contributed by atoms with Crippen LogP contribution < -0.4 is 25.5 Å². The average molecular weight is 485 g/mol. The number of methoxy groups -OCH3 is 1. The van der Waals surface area contributed by atoms with Crippen molar-refractivity contribution in [3.8, 4) is 11.5 Å². The van der Waals surface area contributed by atoms with Crippen LogP contribution in [-0.2, 0) is 19.1 Å². The first-order valence-electron chi connectivity index (χ1n) is 11.2. The molecule has 0 unspecified atom stereocenters. The fourth-order valence-electron chi connectivity index (χ4n) is 2.82. The lowest BCUT2D eigenvalue weighted by atomic mass is 10.2. The predicted octanol–water partition coefficient (Wildman–Crippen LogP) is 2.40. The Balaban J connectivity index is 1.82. The molecule has 0 aliphatic rings. The van der Waals surface area contributed by atoms with E-state index in [-0.39, 0.29) is 18.6 Å². The van der Waals surface area contributed by atoms with Gasteiger partial charge in [-0.25, -0.2) is 5.43 Å². The predicted molar refractivity (Wildman–Crippen MR) is 133 cm³/mol. The topological polar surface area (TPSA) is 127 Å². The molecular weight excluding hydrogens is 452 g/mol. The number of aryl methyl sites for hydroxylation is 1. The molecule has 35 heavy (non-hydrogen) atoms. The van der Waals surface area contributed by atoms with E-state index in [1.807, 2.05) is 45.0 Å². The number of nitrogens with zero attached hydrogens (tertiary/aromatic N) is 1. The zero-order chi connectivity index (χ0) is 25.6. The molecule has 10 heteroatoms. The van der Waals surface area contributed by atoms with Crippen molar-refractivity contribution in [2.75, 3.05) is 32.2 Å². The molecule has 0 radical (unpaired) electrons. The highest BCUT2D eigenvalue weighted by molar-refractivity contribution is 6.35. The Morgan fingerprint density at radius 3 is 2.54 bits per heavy atom. The second-order valence-electron chi connectivity index (χ2n) is 7.79. The molecule has 10 nitrogen and oxygen atoms in total. The summed E-state index contributed by atoms with van der Waals surface area (Å²) < 4.78 is 16.3. The van der Waals surface area contributed by atoms with Crippen molar-refractivity contribution in [1.29, 1.82) is 0 Å². The highest BCUT2D eigenvalue weighted by atomic mass is 16.5. The Kier molecular flexibility index (Phi) is 11.2. The summed E-state index contributed by atoms with van der Waals surface area (Å²) in [4.78, 5) is 35.8. The minimum Gasteiger partial charge on any atom is -0.493 e. The van der Waals surface area contributed by atoms with E-state index in [0.717, 1.165) is 11.3 Å². The smallest absolute Gasteiger partial charge is 0.329 e. The quantitative estimate of drug-likeness (QED) is 0.184. The number of hydrogen-bond donors (Lipinski definition) is 3. The van der Waals surface area contributed by atoms with E-state index in [1.54, 1.807) is 18.2 Å². The van der Waals surface area contributed by atoms with Crippen molar-refractivity contribution < 1.29 is 28.6 Å². The zero-order valence-corrected chi connectivity index (χ0v) is 20.4. The van der Waals surface area contributed by atoms with Gasteiger partial charge in [-0.2, -0.15) is 5.10 Å². The molecule has 188 valence electrons. The van der Waals surface area contributed by atoms with Gasteiger partial charge in [0.1, 0.15) is 0 Å². The standard InChI is InChI=1S/C25H32N4O6/c1-17(2)34-13-7-12-26-24(31)25(32)29-27-15-19-10-11-21(22(14-19)33-4)35-16-23(30)28-20-9-6-5-8-18(20)3/h5-6,8-11,14-15,17H,7,12-13,16H2,1-4H3,(H,26,31)(H,28,30)(H,29,32)/b27-15-. The molecule has 2 rings (SSSR count). The van der Waals surface area contributed by atoms with Gasteiger partial charge in [-0.05, 0) is 62.6 Å². The summed E-state index contributed by atoms with van der Waals surface area (Å²) in [6, 6.07) is 12.4. The van der Waals surface area contributed by atoms with Gasteiger partial charge < -0.3 is 24.8 Å². The van der Waals surface area contributed by atoms with Gasteiger partial charge in [0.05, 0.1) is 19.4 Å². The van der Waals surface area contributed by atoms with Crippen LogP contribution in [0.25, 0.3) is 0 Å². The number of anilines is 1. The van der Waals surface area contributed by atoms with Crippen molar-refractivity contribution in [3.05, 3.63) is 53.6 Å². The number of ether oxygens (including phenoxy) is 3. The molecule has 0 aromatic heterocycles. The highest BCUT2D eigenvalue weighted by Gasteiger charge is 2.12. The first-order chi connectivity index (χ1) is 16.8. The maximum Gasteiger partial charge on any atom is 0.329 e. The molecule has 0 saturated heterocycles. The van der Waals surface area contributed by atoms with Crippen LogP contribution in [0.3, 0.4) is 0 Å². The molecule has 0 fully saturated rings. The molecule has 3 N–H and O–H groups in total. The third kappa shape index (κ3) is 9.85. The highest BCUT2D eigenvalue weighted by Crippen LogP contribution is 2.27. The summed E-state index contributed by atoms with van der Waals surface area (Å²) in [6.45, 7) is 6.37. The van der Waals surface area contributed by atoms with E-state index in [9.17, 15) is 14.4 Å². The summed E-state index contributed by atoms with van der Waals surface area (Å²) in [5, 5.41) is 9.09. The van der Waals surface area contributed by atoms with Gasteiger partial charge >= 0.3 is 11.8 Å². The van der Waals surface area contributed by atoms with Crippen LogP contribution in [0, 0.1) is 6.92 Å². The van der Waals surface area contributed by atoms with Crippen LogP contribution in [0.4, 0.5) is 5.69 Å². The molecule has 0 spiro atoms. The van der Waals surface area contributed by atoms with Crippen LogP contribution in [0.1, 0.15) is 31.4 Å². The number of hydrazone groups is 1. The van der Waals surface area contributed by atoms with Crippen LogP contribution in [0.15, 0.2) is 47.6 Å². The molecule has 0 bridgehead atoms. The number of amides is 3. The number of carbonyl (C=O) groups is 3. The number of para-hydroxylation sites is 1. The van der Waals surface area contributed by atoms with Crippen LogP contribution in [0.5, 0.6) is 11.5 Å². The SMILES string of the molecule is COc1cc(/C=N\NC(=O)C(=O)NCCCOC(C)C)ccc1OCC(=O)Nc1ccccc1C. The van der Waals surface area contributed by atoms with Crippen molar-refractivity contribution in [1.82, 2.24) is 10.7 Å². The fourth-order valence-corrected chi connectivity index (χ4v) is 2.82. The fraction of sp³-hybridized carbons (Fsp3) is 0.360. The third-order valence-electron chi connectivity index (χ3n) is 4.61. The lowest BCUT2D eigenvalue weighted by Gasteiger charge is -2.12. The van der Waals surface area contributed by atoms with E-state index in [2.05, 4.69) is 21.2 Å². The number of carbonyl (C=O) groups excluding carboxylic acids is 3. The van der Waals surface area contributed by atoms with Crippen molar-refractivity contribution >= 4 is 29.6 Å². The van der Waals surface area contributed by atoms with Crippen LogP contribution >= 0.6 is 0 Å². The van der Waals surface area contributed by atoms with E-state index < -0.39 is 11.8 Å². The largest absolute Gasteiger partial charge is 0.493 e. The van der Waals surface area contributed by atoms with Gasteiger partial charge in [0.2, 0.25) is 0 Å². The maximum atomic E-state index is 12.2. The summed E-state index contributed by atoms with van der Waals surface area (Å²) in [5.74, 6) is -1.21. The van der Waals surface area contributed by atoms with Gasteiger partial charge in [-0.15, -0.1) is 0 Å². The van der Waals surface area contributed by atoms with E-state index in [4.69, 9.17) is 14.2 Å². The molecule has 2 aromatic carbocycles. The molecule has 0 atom stereocenters. The normalized spacial score (nSPS) is 10.8. The average Bonchev–Trinajstić information content (AvgIpc) is 2.83. The summed E-state index contributed by atoms with van der Waals surface area (Å²) in [6.07, 6.45) is 2.08. The number of nitrogens with one attached hydrogen (secondary N) is 3. The van der Waals surface area contributed by atoms with E-state index in [1.165, 1.54) is 13.3 Å². The molecule has 0 aliphatic carbocycles. The second kappa shape index (κ2) is 14.4. The first-order valence-corrected chi connectivity index (χ1v) is 11.2. The Morgan fingerprint density at radius 1 is 1.06 bits per heavy atom. The van der Waals surface area contributed by atoms with Gasteiger partial charge in [-0.3, -0.25) is 14.4 Å². The van der Waals surface area contributed by atoms with Crippen LogP contribution in [0.2, 0.25) is 0 Å². The molecule has 3 amide bonds. The van der Waals surface area contributed by atoms with Crippen molar-refractivity contribution in [2.24, 2.45) is 5.10 Å².